The highest BCUT2D eigenvalue weighted by Gasteiger charge is 2.48. The number of hydrogen-bond donors (Lipinski definition) is 1. The van der Waals surface area contributed by atoms with Gasteiger partial charge in [-0.15, -0.1) is 0 Å². The number of ether oxygens (including phenoxy) is 1. The SMILES string of the molecule is Cc1c(CC(=O)N2CCC3(CC3)C2)c(=O)oc2c(C=O)c(O)c3c(c12)CCCO3. The second-order valence-corrected chi connectivity index (χ2v) is 8.58. The second kappa shape index (κ2) is 6.34. The van der Waals surface area contributed by atoms with Gasteiger partial charge in [0.05, 0.1) is 18.6 Å². The zero-order valence-electron chi connectivity index (χ0n) is 16.4. The van der Waals surface area contributed by atoms with Crippen molar-refractivity contribution in [3.63, 3.8) is 0 Å². The van der Waals surface area contributed by atoms with Gasteiger partial charge >= 0.3 is 5.63 Å². The number of amides is 1. The van der Waals surface area contributed by atoms with Crippen LogP contribution < -0.4 is 10.4 Å². The summed E-state index contributed by atoms with van der Waals surface area (Å²) < 4.78 is 11.1. The van der Waals surface area contributed by atoms with E-state index in [1.54, 1.807) is 6.92 Å². The van der Waals surface area contributed by atoms with E-state index in [2.05, 4.69) is 0 Å². The molecule has 1 amide bonds. The average Bonchev–Trinajstić information content (AvgIpc) is 3.33. The van der Waals surface area contributed by atoms with Crippen LogP contribution in [0.25, 0.3) is 11.0 Å². The van der Waals surface area contributed by atoms with Crippen molar-refractivity contribution in [2.24, 2.45) is 5.41 Å². The van der Waals surface area contributed by atoms with E-state index < -0.39 is 5.63 Å². The monoisotopic (exact) mass is 397 g/mol. The highest BCUT2D eigenvalue weighted by Crippen LogP contribution is 2.52. The largest absolute Gasteiger partial charge is 0.504 e. The fourth-order valence-electron chi connectivity index (χ4n) is 4.85. The Balaban J connectivity index is 1.61. The normalized spacial score (nSPS) is 19.3. The molecular formula is C22H23NO6. The predicted octanol–water partition coefficient (Wildman–Crippen LogP) is 2.50. The molecule has 2 fully saturated rings. The van der Waals surface area contributed by atoms with Gasteiger partial charge in [-0.2, -0.15) is 0 Å². The Labute approximate surface area is 167 Å². The predicted molar refractivity (Wildman–Crippen MR) is 105 cm³/mol. The second-order valence-electron chi connectivity index (χ2n) is 8.58. The number of carbonyl (C=O) groups is 2. The van der Waals surface area contributed by atoms with Crippen LogP contribution in [0.3, 0.4) is 0 Å². The lowest BCUT2D eigenvalue weighted by Gasteiger charge is -2.23. The molecule has 2 aromatic rings. The number of phenolic OH excluding ortho intramolecular Hbond substituents is 1. The minimum Gasteiger partial charge on any atom is -0.504 e. The minimum absolute atomic E-state index is 0.0207. The van der Waals surface area contributed by atoms with Crippen LogP contribution in [0, 0.1) is 12.3 Å². The number of hydrogen-bond acceptors (Lipinski definition) is 6. The molecule has 152 valence electrons. The lowest BCUT2D eigenvalue weighted by molar-refractivity contribution is -0.129. The van der Waals surface area contributed by atoms with Crippen molar-refractivity contribution in [2.75, 3.05) is 19.7 Å². The Bertz CT molecular complexity index is 1110. The number of likely N-dealkylation sites (tertiary alicyclic amines) is 1. The third kappa shape index (κ3) is 2.74. The van der Waals surface area contributed by atoms with Crippen LogP contribution in [-0.2, 0) is 17.6 Å². The number of aldehydes is 1. The first-order chi connectivity index (χ1) is 13.9. The molecule has 0 radical (unpaired) electrons. The molecule has 1 aliphatic carbocycles. The van der Waals surface area contributed by atoms with Crippen LogP contribution in [0.15, 0.2) is 9.21 Å². The maximum atomic E-state index is 12.9. The summed E-state index contributed by atoms with van der Waals surface area (Å²) in [6.07, 6.45) is 5.24. The van der Waals surface area contributed by atoms with Gasteiger partial charge in [-0.1, -0.05) is 0 Å². The van der Waals surface area contributed by atoms with Crippen LogP contribution in [-0.4, -0.2) is 41.9 Å². The smallest absolute Gasteiger partial charge is 0.340 e. The van der Waals surface area contributed by atoms with Gasteiger partial charge < -0.3 is 19.2 Å². The molecule has 1 saturated carbocycles. The molecule has 0 atom stereocenters. The zero-order valence-corrected chi connectivity index (χ0v) is 16.4. The number of phenols is 1. The molecule has 3 heterocycles. The van der Waals surface area contributed by atoms with E-state index in [1.807, 2.05) is 4.90 Å². The molecule has 3 aliphatic rings. The molecule has 1 aromatic heterocycles. The highest BCUT2D eigenvalue weighted by atomic mass is 16.5. The zero-order chi connectivity index (χ0) is 20.3. The first kappa shape index (κ1) is 18.2. The molecule has 1 aromatic carbocycles. The van der Waals surface area contributed by atoms with Gasteiger partial charge in [0.25, 0.3) is 0 Å². The number of carbonyl (C=O) groups excluding carboxylic acids is 2. The summed E-state index contributed by atoms with van der Waals surface area (Å²) in [5, 5.41) is 11.0. The number of aryl methyl sites for hydroxylation is 2. The summed E-state index contributed by atoms with van der Waals surface area (Å²) in [7, 11) is 0. The number of nitrogens with zero attached hydrogens (tertiary/aromatic N) is 1. The van der Waals surface area contributed by atoms with Crippen LogP contribution in [0.5, 0.6) is 11.5 Å². The van der Waals surface area contributed by atoms with E-state index in [1.165, 1.54) is 12.8 Å². The van der Waals surface area contributed by atoms with E-state index in [9.17, 15) is 19.5 Å². The number of aromatic hydroxyl groups is 1. The van der Waals surface area contributed by atoms with E-state index in [0.29, 0.717) is 41.2 Å². The maximum Gasteiger partial charge on any atom is 0.340 e. The fourth-order valence-corrected chi connectivity index (χ4v) is 4.85. The van der Waals surface area contributed by atoms with Gasteiger partial charge in [0.1, 0.15) is 5.56 Å². The summed E-state index contributed by atoms with van der Waals surface area (Å²) in [6.45, 7) is 3.73. The number of benzene rings is 1. The minimum atomic E-state index is -0.636. The summed E-state index contributed by atoms with van der Waals surface area (Å²) in [5.41, 5.74) is 1.33. The Hall–Kier alpha value is -2.83. The lowest BCUT2D eigenvalue weighted by atomic mass is 9.92. The van der Waals surface area contributed by atoms with Gasteiger partial charge in [0, 0.05) is 24.0 Å². The standard InChI is InChI=1S/C22H23NO6/c1-12-14(9-16(25)23-7-6-22(11-23)4-5-22)21(27)29-19-15(10-24)18(26)20-13(17(12)19)3-2-8-28-20/h10,26H,2-9,11H2,1H3. The molecule has 1 saturated heterocycles. The number of rotatable bonds is 3. The van der Waals surface area contributed by atoms with Crippen molar-refractivity contribution >= 4 is 23.2 Å². The van der Waals surface area contributed by atoms with Gasteiger partial charge in [-0.05, 0) is 50.0 Å². The number of fused-ring (bicyclic) bond motifs is 3. The molecule has 2 aliphatic heterocycles. The van der Waals surface area contributed by atoms with Crippen molar-refractivity contribution < 1.29 is 23.8 Å². The summed E-state index contributed by atoms with van der Waals surface area (Å²) in [5.74, 6) is -0.0845. The molecule has 0 unspecified atom stereocenters. The molecular weight excluding hydrogens is 374 g/mol. The Morgan fingerprint density at radius 3 is 2.79 bits per heavy atom. The maximum absolute atomic E-state index is 12.9. The van der Waals surface area contributed by atoms with Crippen molar-refractivity contribution in [1.82, 2.24) is 4.90 Å². The van der Waals surface area contributed by atoms with E-state index >= 15 is 0 Å². The fraction of sp³-hybridized carbons (Fsp3) is 0.500. The summed E-state index contributed by atoms with van der Waals surface area (Å²) in [6, 6.07) is 0. The van der Waals surface area contributed by atoms with Crippen molar-refractivity contribution in [2.45, 2.75) is 45.4 Å². The van der Waals surface area contributed by atoms with Crippen LogP contribution in [0.4, 0.5) is 0 Å². The van der Waals surface area contributed by atoms with E-state index in [-0.39, 0.29) is 35.0 Å². The Kier molecular flexibility index (Phi) is 3.98. The van der Waals surface area contributed by atoms with Crippen LogP contribution in [0.1, 0.15) is 52.7 Å². The third-order valence-electron chi connectivity index (χ3n) is 6.80. The van der Waals surface area contributed by atoms with E-state index in [0.717, 1.165) is 31.5 Å². The molecule has 0 bridgehead atoms. The quantitative estimate of drug-likeness (QED) is 0.631. The van der Waals surface area contributed by atoms with E-state index in [4.69, 9.17) is 9.15 Å². The highest BCUT2D eigenvalue weighted by molar-refractivity contribution is 6.02. The molecule has 1 N–H and O–H groups in total. The van der Waals surface area contributed by atoms with Gasteiger partial charge in [-0.3, -0.25) is 9.59 Å². The van der Waals surface area contributed by atoms with Crippen molar-refractivity contribution in [3.8, 4) is 11.5 Å². The Morgan fingerprint density at radius 1 is 1.31 bits per heavy atom. The average molecular weight is 397 g/mol. The molecule has 5 rings (SSSR count). The Morgan fingerprint density at radius 2 is 2.10 bits per heavy atom. The molecule has 29 heavy (non-hydrogen) atoms. The van der Waals surface area contributed by atoms with Gasteiger partial charge in [0.2, 0.25) is 5.91 Å². The summed E-state index contributed by atoms with van der Waals surface area (Å²) in [4.78, 5) is 39.1. The third-order valence-corrected chi connectivity index (χ3v) is 6.80. The van der Waals surface area contributed by atoms with Crippen LogP contribution >= 0.6 is 0 Å². The topological polar surface area (TPSA) is 97.1 Å². The molecule has 7 heteroatoms. The first-order valence-electron chi connectivity index (χ1n) is 10.1. The van der Waals surface area contributed by atoms with Crippen molar-refractivity contribution in [3.05, 3.63) is 32.7 Å². The molecule has 1 spiro atoms. The first-order valence-corrected chi connectivity index (χ1v) is 10.1. The molecule has 7 nitrogen and oxygen atoms in total. The summed E-state index contributed by atoms with van der Waals surface area (Å²) >= 11 is 0. The lowest BCUT2D eigenvalue weighted by Crippen LogP contribution is -2.32. The van der Waals surface area contributed by atoms with Crippen molar-refractivity contribution in [1.29, 1.82) is 0 Å². The van der Waals surface area contributed by atoms with Crippen LogP contribution in [0.2, 0.25) is 0 Å². The van der Waals surface area contributed by atoms with Gasteiger partial charge in [0.15, 0.2) is 23.4 Å². The van der Waals surface area contributed by atoms with Gasteiger partial charge in [-0.25, -0.2) is 4.79 Å².